The first-order chi connectivity index (χ1) is 6.77. The van der Waals surface area contributed by atoms with E-state index in [9.17, 15) is 0 Å². The zero-order valence-electron chi connectivity index (χ0n) is 7.76. The van der Waals surface area contributed by atoms with Gasteiger partial charge in [-0.05, 0) is 34.1 Å². The SMILES string of the molecule is Brc1ccc(N2CCNCC2)c(Br)c1. The van der Waals surface area contributed by atoms with Crippen LogP contribution in [0.1, 0.15) is 0 Å². The van der Waals surface area contributed by atoms with E-state index in [1.807, 2.05) is 0 Å². The van der Waals surface area contributed by atoms with Crippen molar-refractivity contribution in [1.82, 2.24) is 5.32 Å². The third kappa shape index (κ3) is 2.30. The second kappa shape index (κ2) is 4.64. The van der Waals surface area contributed by atoms with Crippen LogP contribution in [-0.2, 0) is 0 Å². The second-order valence-electron chi connectivity index (χ2n) is 3.33. The van der Waals surface area contributed by atoms with Gasteiger partial charge in [0.2, 0.25) is 0 Å². The minimum atomic E-state index is 1.07. The molecule has 1 aliphatic heterocycles. The van der Waals surface area contributed by atoms with Gasteiger partial charge in [0.15, 0.2) is 0 Å². The molecule has 2 nitrogen and oxygen atoms in total. The maximum Gasteiger partial charge on any atom is 0.0512 e. The zero-order chi connectivity index (χ0) is 9.97. The van der Waals surface area contributed by atoms with Crippen LogP contribution in [0.2, 0.25) is 0 Å². The van der Waals surface area contributed by atoms with Crippen LogP contribution in [0.4, 0.5) is 5.69 Å². The molecule has 1 aromatic rings. The van der Waals surface area contributed by atoms with Gasteiger partial charge in [-0.25, -0.2) is 0 Å². The van der Waals surface area contributed by atoms with Crippen LogP contribution in [0, 0.1) is 0 Å². The Morgan fingerprint density at radius 3 is 2.50 bits per heavy atom. The number of halogens is 2. The van der Waals surface area contributed by atoms with Gasteiger partial charge in [0.25, 0.3) is 0 Å². The fourth-order valence-electron chi connectivity index (χ4n) is 1.64. The molecule has 1 saturated heterocycles. The number of hydrogen-bond acceptors (Lipinski definition) is 2. The molecule has 1 fully saturated rings. The Morgan fingerprint density at radius 1 is 1.14 bits per heavy atom. The van der Waals surface area contributed by atoms with Crippen LogP contribution in [0.5, 0.6) is 0 Å². The minimum absolute atomic E-state index is 1.07. The van der Waals surface area contributed by atoms with Crippen LogP contribution < -0.4 is 10.2 Å². The van der Waals surface area contributed by atoms with Crippen molar-refractivity contribution in [2.24, 2.45) is 0 Å². The van der Waals surface area contributed by atoms with E-state index in [4.69, 9.17) is 0 Å². The van der Waals surface area contributed by atoms with E-state index in [1.54, 1.807) is 0 Å². The maximum atomic E-state index is 3.59. The lowest BCUT2D eigenvalue weighted by atomic mass is 10.2. The van der Waals surface area contributed by atoms with Crippen molar-refractivity contribution < 1.29 is 0 Å². The Morgan fingerprint density at radius 2 is 1.86 bits per heavy atom. The molecule has 0 atom stereocenters. The predicted octanol–water partition coefficient (Wildman–Crippen LogP) is 2.62. The topological polar surface area (TPSA) is 15.3 Å². The Hall–Kier alpha value is -0.0600. The van der Waals surface area contributed by atoms with Gasteiger partial charge in [0.05, 0.1) is 5.69 Å². The number of nitrogens with zero attached hydrogens (tertiary/aromatic N) is 1. The first-order valence-electron chi connectivity index (χ1n) is 4.68. The van der Waals surface area contributed by atoms with Crippen LogP contribution in [0.3, 0.4) is 0 Å². The molecule has 0 unspecified atom stereocenters. The molecule has 76 valence electrons. The Kier molecular flexibility index (Phi) is 3.47. The lowest BCUT2D eigenvalue weighted by Gasteiger charge is -2.30. The molecular weight excluding hydrogens is 308 g/mol. The summed E-state index contributed by atoms with van der Waals surface area (Å²) < 4.78 is 2.28. The molecule has 1 heterocycles. The molecule has 0 radical (unpaired) electrons. The zero-order valence-corrected chi connectivity index (χ0v) is 10.9. The van der Waals surface area contributed by atoms with E-state index in [2.05, 4.69) is 60.3 Å². The number of hydrogen-bond donors (Lipinski definition) is 1. The molecule has 0 bridgehead atoms. The smallest absolute Gasteiger partial charge is 0.0512 e. The van der Waals surface area contributed by atoms with E-state index >= 15 is 0 Å². The van der Waals surface area contributed by atoms with Gasteiger partial charge in [0, 0.05) is 35.1 Å². The van der Waals surface area contributed by atoms with Crippen molar-refractivity contribution in [2.75, 3.05) is 31.1 Å². The van der Waals surface area contributed by atoms with Crippen LogP contribution in [0.15, 0.2) is 27.1 Å². The largest absolute Gasteiger partial charge is 0.368 e. The predicted molar refractivity (Wildman–Crippen MR) is 66.9 cm³/mol. The monoisotopic (exact) mass is 318 g/mol. The number of benzene rings is 1. The van der Waals surface area contributed by atoms with Crippen LogP contribution in [0.25, 0.3) is 0 Å². The fourth-order valence-corrected chi connectivity index (χ4v) is 2.94. The Bertz CT molecular complexity index is 322. The first-order valence-corrected chi connectivity index (χ1v) is 6.27. The van der Waals surface area contributed by atoms with E-state index in [0.29, 0.717) is 0 Å². The Labute approximate surface area is 101 Å². The summed E-state index contributed by atoms with van der Waals surface area (Å²) in [6.45, 7) is 4.31. The van der Waals surface area contributed by atoms with Crippen molar-refractivity contribution in [1.29, 1.82) is 0 Å². The molecule has 1 aromatic carbocycles. The molecule has 0 amide bonds. The van der Waals surface area contributed by atoms with Gasteiger partial charge >= 0.3 is 0 Å². The third-order valence-electron chi connectivity index (χ3n) is 2.37. The molecular formula is C10H12Br2N2. The highest BCUT2D eigenvalue weighted by Crippen LogP contribution is 2.29. The van der Waals surface area contributed by atoms with Crippen molar-refractivity contribution in [3.63, 3.8) is 0 Å². The molecule has 1 N–H and O–H groups in total. The standard InChI is InChI=1S/C10H12Br2N2/c11-8-1-2-10(9(12)7-8)14-5-3-13-4-6-14/h1-2,7,13H,3-6H2. The number of anilines is 1. The van der Waals surface area contributed by atoms with Gasteiger partial charge in [-0.1, -0.05) is 15.9 Å². The summed E-state index contributed by atoms with van der Waals surface area (Å²) in [6.07, 6.45) is 0. The Balaban J connectivity index is 2.22. The van der Waals surface area contributed by atoms with E-state index < -0.39 is 0 Å². The third-order valence-corrected chi connectivity index (χ3v) is 3.50. The molecule has 1 aliphatic rings. The average molecular weight is 320 g/mol. The highest BCUT2D eigenvalue weighted by molar-refractivity contribution is 9.11. The summed E-state index contributed by atoms with van der Waals surface area (Å²) in [4.78, 5) is 2.40. The van der Waals surface area contributed by atoms with Gasteiger partial charge < -0.3 is 10.2 Å². The summed E-state index contributed by atoms with van der Waals surface area (Å²) in [6, 6.07) is 6.33. The maximum absolute atomic E-state index is 3.59. The number of rotatable bonds is 1. The second-order valence-corrected chi connectivity index (χ2v) is 5.10. The average Bonchev–Trinajstić information content (AvgIpc) is 2.19. The highest BCUT2D eigenvalue weighted by atomic mass is 79.9. The lowest BCUT2D eigenvalue weighted by molar-refractivity contribution is 0.588. The van der Waals surface area contributed by atoms with Crippen molar-refractivity contribution in [3.8, 4) is 0 Å². The molecule has 4 heteroatoms. The quantitative estimate of drug-likeness (QED) is 0.856. The first kappa shape index (κ1) is 10.5. The van der Waals surface area contributed by atoms with Gasteiger partial charge in [-0.2, -0.15) is 0 Å². The van der Waals surface area contributed by atoms with Crippen molar-refractivity contribution in [3.05, 3.63) is 27.1 Å². The van der Waals surface area contributed by atoms with Gasteiger partial charge in [-0.3, -0.25) is 0 Å². The summed E-state index contributed by atoms with van der Waals surface area (Å²) >= 11 is 7.05. The molecule has 14 heavy (non-hydrogen) atoms. The molecule has 0 aromatic heterocycles. The summed E-state index contributed by atoms with van der Waals surface area (Å²) in [5.41, 5.74) is 1.29. The van der Waals surface area contributed by atoms with Gasteiger partial charge in [-0.15, -0.1) is 0 Å². The number of piperazine rings is 1. The molecule has 0 spiro atoms. The van der Waals surface area contributed by atoms with E-state index in [1.165, 1.54) is 5.69 Å². The lowest BCUT2D eigenvalue weighted by Crippen LogP contribution is -2.43. The normalized spacial score (nSPS) is 17.1. The minimum Gasteiger partial charge on any atom is -0.368 e. The summed E-state index contributed by atoms with van der Waals surface area (Å²) in [7, 11) is 0. The molecule has 0 aliphatic carbocycles. The van der Waals surface area contributed by atoms with Crippen molar-refractivity contribution in [2.45, 2.75) is 0 Å². The molecule has 2 rings (SSSR count). The van der Waals surface area contributed by atoms with E-state index in [0.717, 1.165) is 35.1 Å². The summed E-state index contributed by atoms with van der Waals surface area (Å²) in [5.74, 6) is 0. The van der Waals surface area contributed by atoms with Crippen LogP contribution >= 0.6 is 31.9 Å². The van der Waals surface area contributed by atoms with Crippen molar-refractivity contribution >= 4 is 37.5 Å². The summed E-state index contributed by atoms with van der Waals surface area (Å²) in [5, 5.41) is 3.35. The highest BCUT2D eigenvalue weighted by Gasteiger charge is 2.12. The van der Waals surface area contributed by atoms with Gasteiger partial charge in [0.1, 0.15) is 0 Å². The fraction of sp³-hybridized carbons (Fsp3) is 0.400. The van der Waals surface area contributed by atoms with E-state index in [-0.39, 0.29) is 0 Å². The molecule has 0 saturated carbocycles. The van der Waals surface area contributed by atoms with Crippen LogP contribution in [-0.4, -0.2) is 26.2 Å². The number of nitrogens with one attached hydrogen (secondary N) is 1.